The molecule has 1 aliphatic heterocycles. The van der Waals surface area contributed by atoms with Crippen molar-refractivity contribution in [1.29, 1.82) is 0 Å². The highest BCUT2D eigenvalue weighted by atomic mass is 35.5. The van der Waals surface area contributed by atoms with Gasteiger partial charge in [0, 0.05) is 41.8 Å². The molecule has 0 aliphatic carbocycles. The third-order valence-corrected chi connectivity index (χ3v) is 6.52. The number of benzene rings is 2. The number of piperazine rings is 1. The Morgan fingerprint density at radius 3 is 2.37 bits per heavy atom. The van der Waals surface area contributed by atoms with Crippen molar-refractivity contribution in [1.82, 2.24) is 9.62 Å². The quantitative estimate of drug-likeness (QED) is 0.579. The number of halogens is 2. The predicted octanol–water partition coefficient (Wildman–Crippen LogP) is 3.74. The molecule has 1 aliphatic rings. The molecule has 0 spiro atoms. The van der Waals surface area contributed by atoms with E-state index in [9.17, 15) is 13.2 Å². The lowest BCUT2D eigenvalue weighted by atomic mass is 10.1. The average molecular weight is 430 g/mol. The summed E-state index contributed by atoms with van der Waals surface area (Å²) in [5.41, 5.74) is 0.332. The van der Waals surface area contributed by atoms with E-state index in [1.807, 2.05) is 0 Å². The van der Waals surface area contributed by atoms with Gasteiger partial charge in [0.2, 0.25) is 0 Å². The van der Waals surface area contributed by atoms with Crippen LogP contribution in [0.3, 0.4) is 0 Å². The molecule has 144 valence electrons. The van der Waals surface area contributed by atoms with Crippen LogP contribution in [-0.2, 0) is 10.0 Å². The van der Waals surface area contributed by atoms with E-state index in [0.29, 0.717) is 47.5 Å². The maximum Gasteiger partial charge on any atom is 0.379 e. The molecule has 9 heteroatoms. The second-order valence-corrected chi connectivity index (χ2v) is 8.92. The van der Waals surface area contributed by atoms with E-state index in [4.69, 9.17) is 27.9 Å². The van der Waals surface area contributed by atoms with Gasteiger partial charge in [0.25, 0.3) is 0 Å². The van der Waals surface area contributed by atoms with Gasteiger partial charge in [-0.2, -0.15) is 8.51 Å². The Balaban J connectivity index is 2.06. The van der Waals surface area contributed by atoms with Crippen molar-refractivity contribution in [2.24, 2.45) is 0 Å². The van der Waals surface area contributed by atoms with Crippen molar-refractivity contribution in [3.8, 4) is 11.5 Å². The summed E-state index contributed by atoms with van der Waals surface area (Å²) < 4.78 is 31.4. The van der Waals surface area contributed by atoms with Crippen LogP contribution in [0.25, 0.3) is 0 Å². The number of carbonyl (C=O) groups is 1. The summed E-state index contributed by atoms with van der Waals surface area (Å²) in [7, 11) is -3.59. The van der Waals surface area contributed by atoms with E-state index in [-0.39, 0.29) is 16.4 Å². The third-order valence-electron chi connectivity index (χ3n) is 4.13. The number of ether oxygens (including phenoxy) is 1. The molecule has 2 aromatic carbocycles. The van der Waals surface area contributed by atoms with Crippen molar-refractivity contribution in [2.45, 2.75) is 11.8 Å². The van der Waals surface area contributed by atoms with Crippen LogP contribution in [-0.4, -0.2) is 44.7 Å². The van der Waals surface area contributed by atoms with Crippen LogP contribution in [0.15, 0.2) is 41.3 Å². The highest BCUT2D eigenvalue weighted by Gasteiger charge is 2.35. The zero-order valence-electron chi connectivity index (χ0n) is 14.6. The van der Waals surface area contributed by atoms with Crippen LogP contribution >= 0.6 is 23.2 Å². The largest absolute Gasteiger partial charge is 0.456 e. The summed E-state index contributed by atoms with van der Waals surface area (Å²) in [5.74, 6) is 0.299. The van der Waals surface area contributed by atoms with E-state index in [0.717, 1.165) is 0 Å². The first-order valence-electron chi connectivity index (χ1n) is 8.29. The number of rotatable bonds is 5. The number of carbonyl (C=O) groups excluding carboxylic acids is 1. The zero-order chi connectivity index (χ0) is 19.6. The second kappa shape index (κ2) is 8.16. The molecule has 1 fully saturated rings. The van der Waals surface area contributed by atoms with Crippen molar-refractivity contribution < 1.29 is 17.9 Å². The number of Topliss-reactive ketones (excluding diaryl/α,β-unsaturated/α-hetero) is 1. The lowest BCUT2D eigenvalue weighted by molar-refractivity contribution is 0.101. The molecule has 0 bridgehead atoms. The van der Waals surface area contributed by atoms with E-state index in [2.05, 4.69) is 5.32 Å². The monoisotopic (exact) mass is 429 g/mol. The zero-order valence-corrected chi connectivity index (χ0v) is 16.9. The topological polar surface area (TPSA) is 80.0 Å². The van der Waals surface area contributed by atoms with Gasteiger partial charge in [0.05, 0.1) is 0 Å². The summed E-state index contributed by atoms with van der Waals surface area (Å²) in [6.45, 7) is 3.42. The average Bonchev–Trinajstić information content (AvgIpc) is 2.61. The van der Waals surface area contributed by atoms with Gasteiger partial charge in [-0.15, -0.1) is 0 Å². The molecule has 27 heavy (non-hydrogen) atoms. The molecule has 0 aromatic heterocycles. The highest BCUT2D eigenvalue weighted by molar-refractivity contribution is 7.89. The number of nitrogens with zero attached hydrogens (tertiary/aromatic N) is 1. The van der Waals surface area contributed by atoms with Crippen LogP contribution < -0.4 is 10.1 Å². The number of hydrogen-bond donors (Lipinski definition) is 1. The maximum atomic E-state index is 13.3. The SMILES string of the molecule is CC(=O)c1ccc(Oc2cc(Cl)cc(Cl)c2)c(S(=O)(=[OH+])N2CCNCC2)c1. The van der Waals surface area contributed by atoms with E-state index < -0.39 is 10.0 Å². The molecule has 1 heterocycles. The first-order chi connectivity index (χ1) is 12.8. The minimum absolute atomic E-state index is 0.0493. The van der Waals surface area contributed by atoms with Gasteiger partial charge in [-0.3, -0.25) is 4.79 Å². The number of nitrogens with one attached hydrogen (secondary N) is 1. The van der Waals surface area contributed by atoms with Crippen LogP contribution in [0.4, 0.5) is 0 Å². The highest BCUT2D eigenvalue weighted by Crippen LogP contribution is 2.34. The minimum atomic E-state index is -3.59. The molecule has 6 nitrogen and oxygen atoms in total. The maximum absolute atomic E-state index is 13.3. The fourth-order valence-electron chi connectivity index (χ4n) is 2.76. The van der Waals surface area contributed by atoms with Gasteiger partial charge in [-0.1, -0.05) is 23.2 Å². The molecular formula is C18H19Cl2N2O4S+. The molecule has 1 unspecified atom stereocenters. The van der Waals surface area contributed by atoms with Crippen molar-refractivity contribution in [3.05, 3.63) is 52.0 Å². The Hall–Kier alpha value is -1.64. The van der Waals surface area contributed by atoms with Crippen molar-refractivity contribution >= 4 is 39.0 Å². The Labute approximate surface area is 168 Å². The Morgan fingerprint density at radius 2 is 1.78 bits per heavy atom. The van der Waals surface area contributed by atoms with Crippen LogP contribution in [0.5, 0.6) is 11.5 Å². The molecule has 0 radical (unpaired) electrons. The first kappa shape index (κ1) is 20.1. The van der Waals surface area contributed by atoms with Crippen LogP contribution in [0, 0.1) is 0 Å². The summed E-state index contributed by atoms with van der Waals surface area (Å²) >= 11 is 12.0. The van der Waals surface area contributed by atoms with Crippen molar-refractivity contribution in [2.75, 3.05) is 26.2 Å². The Bertz CT molecular complexity index is 953. The molecule has 3 rings (SSSR count). The molecule has 1 atom stereocenters. The summed E-state index contributed by atoms with van der Waals surface area (Å²) in [6, 6.07) is 9.15. The predicted molar refractivity (Wildman–Crippen MR) is 106 cm³/mol. The second-order valence-electron chi connectivity index (χ2n) is 6.10. The van der Waals surface area contributed by atoms with Gasteiger partial charge in [-0.05, 0) is 43.3 Å². The molecule has 1 saturated heterocycles. The summed E-state index contributed by atoms with van der Waals surface area (Å²) in [5, 5.41) is 3.90. The lowest BCUT2D eigenvalue weighted by Crippen LogP contribution is -2.46. The van der Waals surface area contributed by atoms with Gasteiger partial charge in [0.15, 0.2) is 16.4 Å². The number of ketones is 1. The fraction of sp³-hybridized carbons (Fsp3) is 0.278. The van der Waals surface area contributed by atoms with Crippen LogP contribution in [0.1, 0.15) is 17.3 Å². The summed E-state index contributed by atoms with van der Waals surface area (Å²) in [4.78, 5) is 11.8. The Kier molecular flexibility index (Phi) is 6.08. The Morgan fingerprint density at radius 1 is 1.15 bits per heavy atom. The summed E-state index contributed by atoms with van der Waals surface area (Å²) in [6.07, 6.45) is 0. The molecule has 0 amide bonds. The van der Waals surface area contributed by atoms with Gasteiger partial charge in [-0.25, -0.2) is 4.21 Å². The third kappa shape index (κ3) is 4.62. The van der Waals surface area contributed by atoms with Gasteiger partial charge in [0.1, 0.15) is 5.75 Å². The first-order valence-corrected chi connectivity index (χ1v) is 10.5. The molecular weight excluding hydrogens is 411 g/mol. The van der Waals surface area contributed by atoms with Crippen molar-refractivity contribution in [3.63, 3.8) is 0 Å². The normalized spacial score (nSPS) is 17.3. The van der Waals surface area contributed by atoms with E-state index in [1.54, 1.807) is 24.3 Å². The molecule has 2 N–H and O–H groups in total. The standard InChI is InChI=1S/C18H18Cl2N2O4S/c1-12(23)13-2-3-17(26-16-10-14(19)9-15(20)11-16)18(8-13)27(24,25)22-6-4-21-5-7-22/h2-3,8-11,21H,4-7H2,1H3/p+1. The molecule has 2 aromatic rings. The van der Waals surface area contributed by atoms with Crippen LogP contribution in [0.2, 0.25) is 10.0 Å². The fourth-order valence-corrected chi connectivity index (χ4v) is 4.88. The lowest BCUT2D eigenvalue weighted by Gasteiger charge is -2.24. The molecule has 0 saturated carbocycles. The van der Waals surface area contributed by atoms with E-state index >= 15 is 0 Å². The van der Waals surface area contributed by atoms with Gasteiger partial charge >= 0.3 is 10.0 Å². The van der Waals surface area contributed by atoms with E-state index in [1.165, 1.54) is 23.4 Å². The smallest absolute Gasteiger partial charge is 0.379 e. The minimum Gasteiger partial charge on any atom is -0.456 e. The van der Waals surface area contributed by atoms with Gasteiger partial charge < -0.3 is 10.1 Å². The number of hydrogen-bond acceptors (Lipinski definition) is 4.